The average Bonchev–Trinajstić information content (AvgIpc) is 3.01. The van der Waals surface area contributed by atoms with Crippen LogP contribution in [0.1, 0.15) is 40.5 Å². The molecule has 0 aliphatic heterocycles. The van der Waals surface area contributed by atoms with Crippen molar-refractivity contribution in [1.29, 1.82) is 0 Å². The summed E-state index contributed by atoms with van der Waals surface area (Å²) >= 11 is 2.03. The van der Waals surface area contributed by atoms with Crippen molar-refractivity contribution >= 4 is 32.4 Å². The molecule has 22 heavy (non-hydrogen) atoms. The summed E-state index contributed by atoms with van der Waals surface area (Å²) in [6.45, 7) is 8.62. The molecule has 0 aromatic heterocycles. The quantitative estimate of drug-likeness (QED) is 0.429. The minimum atomic E-state index is 0. The van der Waals surface area contributed by atoms with Gasteiger partial charge in [-0.3, -0.25) is 12.2 Å². The van der Waals surface area contributed by atoms with E-state index in [9.17, 15) is 0 Å². The van der Waals surface area contributed by atoms with Crippen LogP contribution in [0.3, 0.4) is 0 Å². The van der Waals surface area contributed by atoms with Gasteiger partial charge in [-0.1, -0.05) is 52.4 Å². The fourth-order valence-corrected chi connectivity index (χ4v) is 1.74. The van der Waals surface area contributed by atoms with Crippen molar-refractivity contribution in [2.45, 2.75) is 40.5 Å². The summed E-state index contributed by atoms with van der Waals surface area (Å²) in [5, 5.41) is 0. The van der Waals surface area contributed by atoms with Gasteiger partial charge >= 0.3 is 26.8 Å². The zero-order chi connectivity index (χ0) is 14.0. The molecule has 2 rings (SSSR count). The van der Waals surface area contributed by atoms with Gasteiger partial charge in [-0.05, 0) is 0 Å². The second kappa shape index (κ2) is 21.5. The molecular formula is C18H32Cl2SiTi-4. The Morgan fingerprint density at radius 2 is 1.14 bits per heavy atom. The van der Waals surface area contributed by atoms with Crippen molar-refractivity contribution in [2.24, 2.45) is 11.8 Å². The van der Waals surface area contributed by atoms with E-state index in [2.05, 4.69) is 64.2 Å². The molecule has 0 spiro atoms. The van der Waals surface area contributed by atoms with Crippen LogP contribution in [-0.4, -0.2) is 7.63 Å². The molecule has 2 atom stereocenters. The van der Waals surface area contributed by atoms with Gasteiger partial charge in [0.15, 0.2) is 0 Å². The Morgan fingerprint density at radius 1 is 0.864 bits per heavy atom. The second-order valence-corrected chi connectivity index (χ2v) is 4.34. The molecule has 0 bridgehead atoms. The van der Waals surface area contributed by atoms with Crippen LogP contribution >= 0.6 is 24.8 Å². The Bertz CT molecular complexity index is 326. The fourth-order valence-electron chi connectivity index (χ4n) is 1.74. The van der Waals surface area contributed by atoms with Crippen molar-refractivity contribution in [3.05, 3.63) is 62.5 Å². The van der Waals surface area contributed by atoms with Crippen molar-refractivity contribution in [3.8, 4) is 0 Å². The molecule has 0 radical (unpaired) electrons. The molecular weight excluding hydrogens is 363 g/mol. The Hall–Kier alpha value is 0.471. The first-order valence-corrected chi connectivity index (χ1v) is 10.6. The van der Waals surface area contributed by atoms with Crippen LogP contribution < -0.4 is 0 Å². The van der Waals surface area contributed by atoms with Crippen LogP contribution in [0.5, 0.6) is 0 Å². The maximum atomic E-state index is 3.31. The SMILES string of the molecule is CCC1=[C-]C(C)C=C1.CCC1=[C-]C(C)C=C1.Cl.Cl.[CH3-].[CH3-].[SiH2]=[Ti]. The van der Waals surface area contributed by atoms with Crippen LogP contribution in [-0.2, 0) is 19.2 Å². The van der Waals surface area contributed by atoms with E-state index in [1.807, 2.05) is 26.8 Å². The summed E-state index contributed by atoms with van der Waals surface area (Å²) in [6.07, 6.45) is 17.5. The van der Waals surface area contributed by atoms with Gasteiger partial charge in [0.1, 0.15) is 0 Å². The second-order valence-electron chi connectivity index (χ2n) is 4.34. The molecule has 0 aromatic carbocycles. The van der Waals surface area contributed by atoms with E-state index >= 15 is 0 Å². The van der Waals surface area contributed by atoms with Gasteiger partial charge in [0.05, 0.1) is 0 Å². The third-order valence-electron chi connectivity index (χ3n) is 2.76. The molecule has 0 nitrogen and oxygen atoms in total. The molecule has 2 aliphatic carbocycles. The summed E-state index contributed by atoms with van der Waals surface area (Å²) in [5.41, 5.74) is 2.72. The van der Waals surface area contributed by atoms with E-state index in [-0.39, 0.29) is 39.7 Å². The summed E-state index contributed by atoms with van der Waals surface area (Å²) in [4.78, 5) is 0. The molecule has 0 N–H and O–H groups in total. The first-order valence-electron chi connectivity index (χ1n) is 6.62. The molecule has 0 saturated carbocycles. The van der Waals surface area contributed by atoms with Crippen molar-refractivity contribution in [3.63, 3.8) is 0 Å². The van der Waals surface area contributed by atoms with E-state index in [4.69, 9.17) is 0 Å². The molecule has 0 saturated heterocycles. The normalized spacial score (nSPS) is 19.2. The van der Waals surface area contributed by atoms with Crippen LogP contribution in [0.25, 0.3) is 0 Å². The summed E-state index contributed by atoms with van der Waals surface area (Å²) in [6, 6.07) is 0. The van der Waals surface area contributed by atoms with E-state index in [0.29, 0.717) is 11.8 Å². The van der Waals surface area contributed by atoms with Crippen molar-refractivity contribution in [1.82, 2.24) is 0 Å². The summed E-state index contributed by atoms with van der Waals surface area (Å²) < 4.78 is 0. The predicted octanol–water partition coefficient (Wildman–Crippen LogP) is 5.49. The zero-order valence-corrected chi connectivity index (χ0v) is 19.5. The number of hydrogen-bond acceptors (Lipinski definition) is 0. The number of hydrogen-bond donors (Lipinski definition) is 0. The van der Waals surface area contributed by atoms with E-state index in [1.54, 1.807) is 0 Å². The third kappa shape index (κ3) is 15.4. The standard InChI is InChI=1S/2C8H11.2CH3.2ClH.H2Si.Ti/c2*1-3-8-5-4-7(2)6-8;;;;;;/h2*4-5,7H,3H2,1-2H3;2*1H3;2*1H;1H2;/q4*-1;;;;. The Kier molecular flexibility index (Phi) is 33.1. The Balaban J connectivity index is -0.0000000676. The van der Waals surface area contributed by atoms with Gasteiger partial charge < -0.3 is 14.9 Å². The van der Waals surface area contributed by atoms with E-state index in [0.717, 1.165) is 12.8 Å². The van der Waals surface area contributed by atoms with Crippen molar-refractivity contribution < 1.29 is 19.2 Å². The number of halogens is 2. The first-order chi connectivity index (χ1) is 8.65. The van der Waals surface area contributed by atoms with Gasteiger partial charge in [-0.15, -0.1) is 24.8 Å². The zero-order valence-electron chi connectivity index (χ0n) is 14.9. The van der Waals surface area contributed by atoms with Crippen molar-refractivity contribution in [2.75, 3.05) is 0 Å². The molecule has 130 valence electrons. The summed E-state index contributed by atoms with van der Waals surface area (Å²) in [7, 11) is 1.86. The predicted molar refractivity (Wildman–Crippen MR) is 107 cm³/mol. The van der Waals surface area contributed by atoms with Gasteiger partial charge in [0, 0.05) is 0 Å². The Morgan fingerprint density at radius 3 is 1.23 bits per heavy atom. The van der Waals surface area contributed by atoms with Gasteiger partial charge in [0.2, 0.25) is 0 Å². The Labute approximate surface area is 165 Å². The molecule has 2 unspecified atom stereocenters. The monoisotopic (exact) mass is 394 g/mol. The van der Waals surface area contributed by atoms with Gasteiger partial charge in [-0.25, -0.2) is 23.3 Å². The maximum absolute atomic E-state index is 3.31. The van der Waals surface area contributed by atoms with Crippen LogP contribution in [0, 0.1) is 38.8 Å². The van der Waals surface area contributed by atoms with Gasteiger partial charge in [0.25, 0.3) is 0 Å². The van der Waals surface area contributed by atoms with Crippen LogP contribution in [0.4, 0.5) is 0 Å². The van der Waals surface area contributed by atoms with Crippen LogP contribution in [0.2, 0.25) is 0 Å². The summed E-state index contributed by atoms with van der Waals surface area (Å²) in [5.74, 6) is 1.12. The average molecular weight is 395 g/mol. The van der Waals surface area contributed by atoms with E-state index < -0.39 is 0 Å². The molecule has 4 heteroatoms. The molecule has 0 amide bonds. The number of allylic oxidation sites excluding steroid dienone is 8. The molecule has 0 fully saturated rings. The first kappa shape index (κ1) is 33.9. The van der Waals surface area contributed by atoms with E-state index in [1.165, 1.54) is 11.1 Å². The van der Waals surface area contributed by atoms with Gasteiger partial charge in [-0.2, -0.15) is 12.2 Å². The number of rotatable bonds is 2. The molecule has 2 aliphatic rings. The topological polar surface area (TPSA) is 0 Å². The molecule has 0 heterocycles. The van der Waals surface area contributed by atoms with Crippen LogP contribution in [0.15, 0.2) is 35.5 Å². The minimum absolute atomic E-state index is 0. The fraction of sp³-hybridized carbons (Fsp3) is 0.444. The third-order valence-corrected chi connectivity index (χ3v) is 2.76. The molecule has 0 aromatic rings.